The average molecular weight is 265 g/mol. The molecule has 0 aromatic heterocycles. The molecular formula is C18H35N. The average Bonchev–Trinajstić information content (AvgIpc) is 2.33. The number of hydrogen-bond acceptors (Lipinski definition) is 1. The maximum atomic E-state index is 4.05. The van der Waals surface area contributed by atoms with Crippen molar-refractivity contribution >= 4 is 0 Å². The van der Waals surface area contributed by atoms with Crippen LogP contribution in [-0.4, -0.2) is 12.6 Å². The van der Waals surface area contributed by atoms with Crippen LogP contribution in [0.2, 0.25) is 0 Å². The molecule has 1 saturated carbocycles. The molecule has 0 aromatic carbocycles. The lowest BCUT2D eigenvalue weighted by molar-refractivity contribution is 0.131. The Morgan fingerprint density at radius 2 is 1.79 bits per heavy atom. The first-order chi connectivity index (χ1) is 8.84. The number of rotatable bonds is 6. The number of nitrogens with one attached hydrogen (secondary N) is 1. The van der Waals surface area contributed by atoms with Gasteiger partial charge in [-0.05, 0) is 69.2 Å². The van der Waals surface area contributed by atoms with Crippen molar-refractivity contribution in [2.75, 3.05) is 6.54 Å². The molecule has 0 bridgehead atoms. The normalized spacial score (nSPS) is 26.2. The predicted molar refractivity (Wildman–Crippen MR) is 86.4 cm³/mol. The van der Waals surface area contributed by atoms with Crippen LogP contribution in [0.5, 0.6) is 0 Å². The third-order valence-corrected chi connectivity index (χ3v) is 4.91. The molecule has 0 saturated heterocycles. The van der Waals surface area contributed by atoms with Crippen molar-refractivity contribution in [1.29, 1.82) is 0 Å². The molecule has 0 amide bonds. The van der Waals surface area contributed by atoms with Crippen LogP contribution < -0.4 is 5.32 Å². The molecule has 0 aromatic rings. The molecule has 19 heavy (non-hydrogen) atoms. The van der Waals surface area contributed by atoms with Crippen molar-refractivity contribution < 1.29 is 0 Å². The van der Waals surface area contributed by atoms with Gasteiger partial charge in [0.25, 0.3) is 0 Å². The van der Waals surface area contributed by atoms with Gasteiger partial charge in [0.05, 0.1) is 0 Å². The van der Waals surface area contributed by atoms with Crippen molar-refractivity contribution in [3.8, 4) is 0 Å². The zero-order valence-electron chi connectivity index (χ0n) is 13.9. The van der Waals surface area contributed by atoms with Crippen LogP contribution >= 0.6 is 0 Å². The van der Waals surface area contributed by atoms with E-state index < -0.39 is 0 Å². The Morgan fingerprint density at radius 1 is 1.21 bits per heavy atom. The minimum absolute atomic E-state index is 0.496. The Morgan fingerprint density at radius 3 is 2.21 bits per heavy atom. The van der Waals surface area contributed by atoms with Gasteiger partial charge in [0.1, 0.15) is 0 Å². The van der Waals surface area contributed by atoms with Crippen LogP contribution in [0.15, 0.2) is 12.2 Å². The van der Waals surface area contributed by atoms with Gasteiger partial charge in [-0.1, -0.05) is 33.3 Å². The minimum atomic E-state index is 0.496. The van der Waals surface area contributed by atoms with Crippen molar-refractivity contribution in [3.63, 3.8) is 0 Å². The molecule has 1 N–H and O–H groups in total. The second kappa shape index (κ2) is 7.47. The smallest absolute Gasteiger partial charge is 0.00982 e. The highest BCUT2D eigenvalue weighted by molar-refractivity contribution is 4.92. The summed E-state index contributed by atoms with van der Waals surface area (Å²) in [6.45, 7) is 16.7. The summed E-state index contributed by atoms with van der Waals surface area (Å²) in [5.74, 6) is 1.81. The molecule has 1 aliphatic rings. The maximum Gasteiger partial charge on any atom is 0.00982 e. The van der Waals surface area contributed by atoms with Gasteiger partial charge in [0.2, 0.25) is 0 Å². The van der Waals surface area contributed by atoms with E-state index in [9.17, 15) is 0 Å². The highest BCUT2D eigenvalue weighted by atomic mass is 14.9. The van der Waals surface area contributed by atoms with E-state index >= 15 is 0 Å². The molecule has 0 aliphatic heterocycles. The quantitative estimate of drug-likeness (QED) is 0.653. The largest absolute Gasteiger partial charge is 0.314 e. The van der Waals surface area contributed by atoms with Crippen molar-refractivity contribution in [3.05, 3.63) is 12.2 Å². The maximum absolute atomic E-state index is 4.05. The lowest BCUT2D eigenvalue weighted by Gasteiger charge is -2.39. The van der Waals surface area contributed by atoms with Crippen molar-refractivity contribution in [2.45, 2.75) is 79.2 Å². The third-order valence-electron chi connectivity index (χ3n) is 4.91. The van der Waals surface area contributed by atoms with E-state index in [-0.39, 0.29) is 0 Å². The summed E-state index contributed by atoms with van der Waals surface area (Å²) in [5.41, 5.74) is 1.82. The molecular weight excluding hydrogens is 230 g/mol. The molecule has 112 valence electrons. The SMILES string of the molecule is C=C(C)CCC(NCC)C1CCC(C(C)(C)C)CC1. The van der Waals surface area contributed by atoms with Gasteiger partial charge in [0.15, 0.2) is 0 Å². The number of hydrogen-bond donors (Lipinski definition) is 1. The van der Waals surface area contributed by atoms with E-state index in [1.165, 1.54) is 44.1 Å². The Labute approximate surface area is 121 Å². The van der Waals surface area contributed by atoms with E-state index in [2.05, 4.69) is 46.5 Å². The van der Waals surface area contributed by atoms with Crippen molar-refractivity contribution in [2.24, 2.45) is 17.3 Å². The molecule has 0 heterocycles. The molecule has 1 aliphatic carbocycles. The van der Waals surface area contributed by atoms with Gasteiger partial charge in [-0.15, -0.1) is 6.58 Å². The zero-order chi connectivity index (χ0) is 14.5. The summed E-state index contributed by atoms with van der Waals surface area (Å²) >= 11 is 0. The van der Waals surface area contributed by atoms with E-state index in [1.807, 2.05) is 0 Å². The standard InChI is InChI=1S/C18H35N/c1-7-19-17(13-8-14(2)3)15-9-11-16(12-10-15)18(4,5)6/h15-17,19H,2,7-13H2,1,3-6H3. The second-order valence-electron chi connectivity index (χ2n) is 7.64. The van der Waals surface area contributed by atoms with Gasteiger partial charge in [-0.2, -0.15) is 0 Å². The van der Waals surface area contributed by atoms with Gasteiger partial charge in [-0.25, -0.2) is 0 Å². The highest BCUT2D eigenvalue weighted by Gasteiger charge is 2.32. The summed E-state index contributed by atoms with van der Waals surface area (Å²) < 4.78 is 0. The minimum Gasteiger partial charge on any atom is -0.314 e. The molecule has 1 heteroatoms. The summed E-state index contributed by atoms with van der Waals surface area (Å²) in [4.78, 5) is 0. The predicted octanol–water partition coefficient (Wildman–Crippen LogP) is 5.17. The van der Waals surface area contributed by atoms with E-state index in [1.54, 1.807) is 0 Å². The summed E-state index contributed by atoms with van der Waals surface area (Å²) in [7, 11) is 0. The second-order valence-corrected chi connectivity index (χ2v) is 7.64. The fourth-order valence-corrected chi connectivity index (χ4v) is 3.56. The van der Waals surface area contributed by atoms with Crippen LogP contribution in [0.4, 0.5) is 0 Å². The molecule has 1 unspecified atom stereocenters. The molecule has 0 radical (unpaired) electrons. The van der Waals surface area contributed by atoms with Crippen molar-refractivity contribution in [1.82, 2.24) is 5.32 Å². The first-order valence-electron chi connectivity index (χ1n) is 8.22. The van der Waals surface area contributed by atoms with Gasteiger partial charge >= 0.3 is 0 Å². The molecule has 1 rings (SSSR count). The fraction of sp³-hybridized carbons (Fsp3) is 0.889. The van der Waals surface area contributed by atoms with Crippen LogP contribution in [0.3, 0.4) is 0 Å². The van der Waals surface area contributed by atoms with Crippen LogP contribution in [0, 0.1) is 17.3 Å². The van der Waals surface area contributed by atoms with E-state index in [0.717, 1.165) is 18.4 Å². The summed E-state index contributed by atoms with van der Waals surface area (Å²) in [5, 5.41) is 3.72. The Bertz CT molecular complexity index is 266. The summed E-state index contributed by atoms with van der Waals surface area (Å²) in [6.07, 6.45) is 8.11. The summed E-state index contributed by atoms with van der Waals surface area (Å²) in [6, 6.07) is 0.711. The van der Waals surface area contributed by atoms with E-state index in [4.69, 9.17) is 0 Å². The Balaban J connectivity index is 2.47. The number of allylic oxidation sites excluding steroid dienone is 1. The van der Waals surface area contributed by atoms with Crippen LogP contribution in [0.1, 0.15) is 73.1 Å². The molecule has 1 atom stereocenters. The molecule has 0 spiro atoms. The first kappa shape index (κ1) is 16.8. The lowest BCUT2D eigenvalue weighted by Crippen LogP contribution is -2.39. The topological polar surface area (TPSA) is 12.0 Å². The Kier molecular flexibility index (Phi) is 6.59. The van der Waals surface area contributed by atoms with Crippen LogP contribution in [0.25, 0.3) is 0 Å². The molecule has 1 fully saturated rings. The van der Waals surface area contributed by atoms with Crippen LogP contribution in [-0.2, 0) is 0 Å². The van der Waals surface area contributed by atoms with Gasteiger partial charge in [-0.3, -0.25) is 0 Å². The van der Waals surface area contributed by atoms with E-state index in [0.29, 0.717) is 11.5 Å². The zero-order valence-corrected chi connectivity index (χ0v) is 13.9. The lowest BCUT2D eigenvalue weighted by atomic mass is 9.68. The van der Waals surface area contributed by atoms with Gasteiger partial charge < -0.3 is 5.32 Å². The monoisotopic (exact) mass is 265 g/mol. The highest BCUT2D eigenvalue weighted by Crippen LogP contribution is 2.41. The first-order valence-corrected chi connectivity index (χ1v) is 8.22. The Hall–Kier alpha value is -0.300. The van der Waals surface area contributed by atoms with Gasteiger partial charge in [0, 0.05) is 6.04 Å². The fourth-order valence-electron chi connectivity index (χ4n) is 3.56. The third kappa shape index (κ3) is 5.69. The molecule has 1 nitrogen and oxygen atoms in total.